The van der Waals surface area contributed by atoms with Gasteiger partial charge in [0.25, 0.3) is 0 Å². The van der Waals surface area contributed by atoms with Crippen LogP contribution in [0.3, 0.4) is 0 Å². The average molecular weight is 392 g/mol. The summed E-state index contributed by atoms with van der Waals surface area (Å²) in [6.45, 7) is 1.96. The Morgan fingerprint density at radius 3 is 2.45 bits per heavy atom. The molecular formula is C24H24O5. The Bertz CT molecular complexity index is 1060. The molecule has 5 rings (SSSR count). The van der Waals surface area contributed by atoms with Crippen molar-refractivity contribution >= 4 is 10.8 Å². The lowest BCUT2D eigenvalue weighted by molar-refractivity contribution is -0.362. The van der Waals surface area contributed by atoms with Crippen molar-refractivity contribution in [3.05, 3.63) is 82.9 Å². The van der Waals surface area contributed by atoms with Gasteiger partial charge < -0.3 is 24.8 Å². The topological polar surface area (TPSA) is 79.2 Å². The minimum absolute atomic E-state index is 0.290. The maximum atomic E-state index is 10.7. The standard InChI is InChI=1S/C24H24O5/c1-14-21(25)22(26)23(27)24(29-14)20-12-16(7-9-19(20)13-28-24)10-15-6-8-17-4-2-3-5-18(17)11-15/h2-9,11-12,14,21-23,25-27H,10,13H2,1H3/t14-,21-,22+,23-,24+/m1/s1. The van der Waals surface area contributed by atoms with Crippen LogP contribution < -0.4 is 0 Å². The first-order valence-corrected chi connectivity index (χ1v) is 9.94. The van der Waals surface area contributed by atoms with Gasteiger partial charge in [-0.25, -0.2) is 0 Å². The van der Waals surface area contributed by atoms with E-state index in [1.54, 1.807) is 6.92 Å². The van der Waals surface area contributed by atoms with Crippen LogP contribution >= 0.6 is 0 Å². The molecule has 3 N–H and O–H groups in total. The second kappa shape index (κ2) is 6.90. The number of ether oxygens (including phenoxy) is 2. The van der Waals surface area contributed by atoms with E-state index in [2.05, 4.69) is 36.4 Å². The molecule has 0 amide bonds. The Morgan fingerprint density at radius 1 is 0.897 bits per heavy atom. The predicted octanol–water partition coefficient (Wildman–Crippen LogP) is 2.62. The van der Waals surface area contributed by atoms with E-state index in [1.807, 2.05) is 24.3 Å². The van der Waals surface area contributed by atoms with Gasteiger partial charge in [-0.15, -0.1) is 0 Å². The third-order valence-corrected chi connectivity index (χ3v) is 6.12. The van der Waals surface area contributed by atoms with Crippen molar-refractivity contribution in [1.82, 2.24) is 0 Å². The smallest absolute Gasteiger partial charge is 0.225 e. The number of hydrogen-bond acceptors (Lipinski definition) is 5. The van der Waals surface area contributed by atoms with Gasteiger partial charge in [0.15, 0.2) is 0 Å². The molecule has 0 saturated carbocycles. The molecule has 0 radical (unpaired) electrons. The molecule has 1 saturated heterocycles. The SMILES string of the molecule is C[C@H]1O[C@]2(OCc3ccc(Cc4ccc5ccccc5c4)cc32)[C@H](O)[C@@H](O)[C@@H]1O. The van der Waals surface area contributed by atoms with Gasteiger partial charge in [0.05, 0.1) is 12.7 Å². The van der Waals surface area contributed by atoms with Gasteiger partial charge in [0.2, 0.25) is 5.79 Å². The van der Waals surface area contributed by atoms with E-state index in [1.165, 1.54) is 16.3 Å². The molecule has 0 unspecified atom stereocenters. The Morgan fingerprint density at radius 2 is 1.62 bits per heavy atom. The fraction of sp³-hybridized carbons (Fsp3) is 0.333. The monoisotopic (exact) mass is 392 g/mol. The molecule has 0 bridgehead atoms. The van der Waals surface area contributed by atoms with Crippen LogP contribution in [-0.4, -0.2) is 39.7 Å². The molecule has 2 aliphatic rings. The number of fused-ring (bicyclic) bond motifs is 3. The van der Waals surface area contributed by atoms with Crippen molar-refractivity contribution in [3.63, 3.8) is 0 Å². The molecule has 5 atom stereocenters. The zero-order chi connectivity index (χ0) is 20.2. The van der Waals surface area contributed by atoms with Crippen LogP contribution in [0.1, 0.15) is 29.2 Å². The van der Waals surface area contributed by atoms with Gasteiger partial charge in [0, 0.05) is 5.56 Å². The molecule has 3 aromatic rings. The van der Waals surface area contributed by atoms with Crippen LogP contribution in [0.2, 0.25) is 0 Å². The summed E-state index contributed by atoms with van der Waals surface area (Å²) in [6.07, 6.45) is -3.81. The summed E-state index contributed by atoms with van der Waals surface area (Å²) in [5.74, 6) is -1.45. The highest BCUT2D eigenvalue weighted by Crippen LogP contribution is 2.46. The molecule has 5 heteroatoms. The Balaban J connectivity index is 1.50. The first-order chi connectivity index (χ1) is 14.0. The molecule has 2 aliphatic heterocycles. The highest BCUT2D eigenvalue weighted by molar-refractivity contribution is 5.83. The van der Waals surface area contributed by atoms with Gasteiger partial charge >= 0.3 is 0 Å². The molecule has 29 heavy (non-hydrogen) atoms. The Kier molecular flexibility index (Phi) is 4.46. The predicted molar refractivity (Wildman–Crippen MR) is 108 cm³/mol. The number of benzene rings is 3. The molecular weight excluding hydrogens is 368 g/mol. The molecule has 0 aromatic heterocycles. The van der Waals surface area contributed by atoms with Crippen molar-refractivity contribution in [2.75, 3.05) is 0 Å². The highest BCUT2D eigenvalue weighted by atomic mass is 16.7. The third-order valence-electron chi connectivity index (χ3n) is 6.12. The molecule has 0 aliphatic carbocycles. The summed E-state index contributed by atoms with van der Waals surface area (Å²) >= 11 is 0. The fourth-order valence-corrected chi connectivity index (χ4v) is 4.48. The summed E-state index contributed by atoms with van der Waals surface area (Å²) in [6, 6.07) is 20.7. The van der Waals surface area contributed by atoms with Crippen molar-refractivity contribution in [1.29, 1.82) is 0 Å². The van der Waals surface area contributed by atoms with Crippen LogP contribution in [0.5, 0.6) is 0 Å². The van der Waals surface area contributed by atoms with E-state index in [0.717, 1.165) is 23.1 Å². The fourth-order valence-electron chi connectivity index (χ4n) is 4.48. The average Bonchev–Trinajstić information content (AvgIpc) is 3.09. The Labute approximate surface area is 169 Å². The number of hydrogen-bond donors (Lipinski definition) is 3. The normalized spacial score (nSPS) is 31.3. The lowest BCUT2D eigenvalue weighted by atomic mass is 9.86. The van der Waals surface area contributed by atoms with Crippen LogP contribution in [0.25, 0.3) is 10.8 Å². The minimum atomic E-state index is -1.45. The largest absolute Gasteiger partial charge is 0.388 e. The lowest BCUT2D eigenvalue weighted by Crippen LogP contribution is -2.62. The molecule has 150 valence electrons. The lowest BCUT2D eigenvalue weighted by Gasteiger charge is -2.45. The quantitative estimate of drug-likeness (QED) is 0.625. The molecule has 1 spiro atoms. The number of aliphatic hydroxyl groups is 3. The molecule has 1 fully saturated rings. The van der Waals surface area contributed by atoms with Crippen molar-refractivity contribution < 1.29 is 24.8 Å². The first-order valence-electron chi connectivity index (χ1n) is 9.94. The van der Waals surface area contributed by atoms with Crippen molar-refractivity contribution in [2.24, 2.45) is 0 Å². The van der Waals surface area contributed by atoms with Crippen molar-refractivity contribution in [2.45, 2.75) is 50.2 Å². The maximum absolute atomic E-state index is 10.7. The summed E-state index contributed by atoms with van der Waals surface area (Å²) in [4.78, 5) is 0. The van der Waals surface area contributed by atoms with Gasteiger partial charge in [0.1, 0.15) is 18.3 Å². The first kappa shape index (κ1) is 18.7. The van der Waals surface area contributed by atoms with E-state index >= 15 is 0 Å². The summed E-state index contributed by atoms with van der Waals surface area (Å²) < 4.78 is 11.8. The van der Waals surface area contributed by atoms with E-state index in [-0.39, 0.29) is 6.61 Å². The van der Waals surface area contributed by atoms with E-state index < -0.39 is 30.2 Å². The van der Waals surface area contributed by atoms with Crippen LogP contribution in [0.15, 0.2) is 60.7 Å². The highest BCUT2D eigenvalue weighted by Gasteiger charge is 2.57. The number of rotatable bonds is 2. The van der Waals surface area contributed by atoms with Crippen molar-refractivity contribution in [3.8, 4) is 0 Å². The van der Waals surface area contributed by atoms with Gasteiger partial charge in [-0.1, -0.05) is 54.6 Å². The van der Waals surface area contributed by atoms with E-state index in [4.69, 9.17) is 9.47 Å². The van der Waals surface area contributed by atoms with Gasteiger partial charge in [-0.3, -0.25) is 0 Å². The molecule has 2 heterocycles. The third kappa shape index (κ3) is 2.98. The summed E-state index contributed by atoms with van der Waals surface area (Å²) in [7, 11) is 0. The zero-order valence-electron chi connectivity index (χ0n) is 16.2. The minimum Gasteiger partial charge on any atom is -0.388 e. The van der Waals surface area contributed by atoms with Crippen LogP contribution in [0, 0.1) is 0 Å². The second-order valence-corrected chi connectivity index (χ2v) is 8.05. The second-order valence-electron chi connectivity index (χ2n) is 8.05. The molecule has 3 aromatic carbocycles. The van der Waals surface area contributed by atoms with Gasteiger partial charge in [-0.2, -0.15) is 0 Å². The van der Waals surface area contributed by atoms with Gasteiger partial charge in [-0.05, 0) is 46.9 Å². The number of aliphatic hydroxyl groups excluding tert-OH is 3. The molecule has 5 nitrogen and oxygen atoms in total. The van der Waals surface area contributed by atoms with Crippen LogP contribution in [-0.2, 0) is 28.3 Å². The Hall–Kier alpha value is -2.28. The summed E-state index contributed by atoms with van der Waals surface area (Å²) in [5.41, 5.74) is 3.89. The van der Waals surface area contributed by atoms with E-state index in [0.29, 0.717) is 0 Å². The zero-order valence-corrected chi connectivity index (χ0v) is 16.2. The van der Waals surface area contributed by atoms with E-state index in [9.17, 15) is 15.3 Å². The maximum Gasteiger partial charge on any atom is 0.225 e. The summed E-state index contributed by atoms with van der Waals surface area (Å²) in [5, 5.41) is 33.5. The van der Waals surface area contributed by atoms with Crippen LogP contribution in [0.4, 0.5) is 0 Å².